The van der Waals surface area contributed by atoms with E-state index >= 15 is 0 Å². The Bertz CT molecular complexity index is 1420. The van der Waals surface area contributed by atoms with E-state index in [-0.39, 0.29) is 0 Å². The summed E-state index contributed by atoms with van der Waals surface area (Å²) in [5.41, 5.74) is 2.57. The predicted octanol–water partition coefficient (Wildman–Crippen LogP) is 4.19. The van der Waals surface area contributed by atoms with Gasteiger partial charge in [-0.3, -0.25) is 4.79 Å². The first-order valence-electron chi connectivity index (χ1n) is 10.3. The number of aromatic amines is 1. The fraction of sp³-hybridized carbons (Fsp3) is 0.304. The third-order valence-electron chi connectivity index (χ3n) is 5.95. The third-order valence-corrected chi connectivity index (χ3v) is 6.28. The minimum absolute atomic E-state index is 0.364. The third kappa shape index (κ3) is 3.36. The summed E-state index contributed by atoms with van der Waals surface area (Å²) in [5.74, 6) is -0.171. The lowest BCUT2D eigenvalue weighted by Crippen LogP contribution is -2.32. The van der Waals surface area contributed by atoms with Crippen molar-refractivity contribution in [2.24, 2.45) is 0 Å². The van der Waals surface area contributed by atoms with Gasteiger partial charge in [0.15, 0.2) is 12.1 Å². The summed E-state index contributed by atoms with van der Waals surface area (Å²) in [5, 5.41) is 15.5. The molecule has 0 bridgehead atoms. The monoisotopic (exact) mass is 452 g/mol. The van der Waals surface area contributed by atoms with Gasteiger partial charge in [0.1, 0.15) is 11.5 Å². The van der Waals surface area contributed by atoms with Gasteiger partial charge in [-0.05, 0) is 49.4 Å². The molecule has 2 atom stereocenters. The van der Waals surface area contributed by atoms with Crippen LogP contribution in [0.5, 0.6) is 0 Å². The number of ether oxygens (including phenoxy) is 1. The van der Waals surface area contributed by atoms with Crippen LogP contribution in [0.2, 0.25) is 5.02 Å². The molecule has 2 heterocycles. The smallest absolute Gasteiger partial charge is 0.328 e. The summed E-state index contributed by atoms with van der Waals surface area (Å²) in [6.45, 7) is 1.42. The van der Waals surface area contributed by atoms with E-state index in [0.29, 0.717) is 33.2 Å². The first-order valence-corrected chi connectivity index (χ1v) is 10.7. The molecule has 1 fully saturated rings. The Morgan fingerprint density at radius 1 is 1.28 bits per heavy atom. The molecule has 0 radical (unpaired) electrons. The first-order chi connectivity index (χ1) is 15.4. The van der Waals surface area contributed by atoms with E-state index in [1.807, 2.05) is 12.1 Å². The van der Waals surface area contributed by atoms with E-state index < -0.39 is 23.7 Å². The number of hydrogen-bond donors (Lipinski definition) is 2. The molecule has 0 spiro atoms. The number of carboxylic acids is 1. The normalized spacial score (nSPS) is 15.8. The van der Waals surface area contributed by atoms with Crippen LogP contribution >= 0.6 is 11.6 Å². The van der Waals surface area contributed by atoms with Crippen LogP contribution in [0.3, 0.4) is 0 Å². The summed E-state index contributed by atoms with van der Waals surface area (Å²) < 4.78 is 6.75. The highest BCUT2D eigenvalue weighted by Gasteiger charge is 2.29. The standard InChI is InChI=1S/C23H21ClN4O4/c1-11(23(30)31)28-22(29)14-6-4-3-5-13(14)19(27-28)20(32-2)21-25-17-9-15(12-7-8-12)16(24)10-18(17)26-21/h3-6,9-12,20H,7-8H2,1-2H3,(H,25,26)(H,30,31). The van der Waals surface area contributed by atoms with Crippen LogP contribution in [-0.2, 0) is 9.53 Å². The highest BCUT2D eigenvalue weighted by molar-refractivity contribution is 6.32. The number of carboxylic acid groups (broad SMARTS) is 1. The lowest BCUT2D eigenvalue weighted by Gasteiger charge is -2.18. The quantitative estimate of drug-likeness (QED) is 0.454. The highest BCUT2D eigenvalue weighted by atomic mass is 35.5. The number of imidazole rings is 1. The SMILES string of the molecule is COC(c1nc2cc(C3CC3)c(Cl)cc2[nH]1)c1nn(C(C)C(=O)O)c(=O)c2ccccc12. The molecule has 0 aliphatic heterocycles. The number of halogens is 1. The maximum atomic E-state index is 12.9. The van der Waals surface area contributed by atoms with E-state index in [1.54, 1.807) is 24.3 Å². The van der Waals surface area contributed by atoms with E-state index in [0.717, 1.165) is 34.1 Å². The van der Waals surface area contributed by atoms with Gasteiger partial charge in [0, 0.05) is 17.5 Å². The number of methoxy groups -OCH3 is 1. The van der Waals surface area contributed by atoms with Gasteiger partial charge in [-0.25, -0.2) is 14.5 Å². The zero-order valence-electron chi connectivity index (χ0n) is 17.5. The number of aliphatic carboxylic acids is 1. The molecule has 9 heteroatoms. The summed E-state index contributed by atoms with van der Waals surface area (Å²) >= 11 is 6.47. The average Bonchev–Trinajstić information content (AvgIpc) is 3.55. The largest absolute Gasteiger partial charge is 0.480 e. The van der Waals surface area contributed by atoms with Crippen molar-refractivity contribution >= 4 is 39.4 Å². The molecule has 2 aromatic carbocycles. The summed E-state index contributed by atoms with van der Waals surface area (Å²) in [7, 11) is 1.52. The van der Waals surface area contributed by atoms with Gasteiger partial charge in [0.05, 0.1) is 16.4 Å². The lowest BCUT2D eigenvalue weighted by atomic mass is 10.1. The van der Waals surface area contributed by atoms with E-state index in [9.17, 15) is 14.7 Å². The maximum Gasteiger partial charge on any atom is 0.328 e. The minimum Gasteiger partial charge on any atom is -0.480 e. The second-order valence-electron chi connectivity index (χ2n) is 8.10. The van der Waals surface area contributed by atoms with Crippen LogP contribution in [0.25, 0.3) is 21.8 Å². The zero-order chi connectivity index (χ0) is 22.6. The average molecular weight is 453 g/mol. The summed E-state index contributed by atoms with van der Waals surface area (Å²) in [6, 6.07) is 9.68. The van der Waals surface area contributed by atoms with Crippen LogP contribution in [0.4, 0.5) is 0 Å². The molecule has 32 heavy (non-hydrogen) atoms. The predicted molar refractivity (Wildman–Crippen MR) is 120 cm³/mol. The number of hydrogen-bond acceptors (Lipinski definition) is 5. The molecule has 2 N–H and O–H groups in total. The van der Waals surface area contributed by atoms with Gasteiger partial charge in [-0.15, -0.1) is 0 Å². The van der Waals surface area contributed by atoms with Gasteiger partial charge < -0.3 is 14.8 Å². The van der Waals surface area contributed by atoms with Crippen molar-refractivity contribution in [3.8, 4) is 0 Å². The van der Waals surface area contributed by atoms with Crippen LogP contribution in [0.1, 0.15) is 54.9 Å². The van der Waals surface area contributed by atoms with Crippen molar-refractivity contribution in [1.29, 1.82) is 0 Å². The molecular formula is C23H21ClN4O4. The van der Waals surface area contributed by atoms with Crippen molar-refractivity contribution in [2.75, 3.05) is 7.11 Å². The molecule has 1 aliphatic rings. The number of rotatable bonds is 6. The molecule has 1 aliphatic carbocycles. The number of nitrogens with one attached hydrogen (secondary N) is 1. The van der Waals surface area contributed by atoms with Crippen molar-refractivity contribution in [2.45, 2.75) is 37.8 Å². The van der Waals surface area contributed by atoms with Gasteiger partial charge in [0.2, 0.25) is 0 Å². The molecule has 0 saturated heterocycles. The molecule has 5 rings (SSSR count). The highest BCUT2D eigenvalue weighted by Crippen LogP contribution is 2.44. The topological polar surface area (TPSA) is 110 Å². The summed E-state index contributed by atoms with van der Waals surface area (Å²) in [4.78, 5) is 32.5. The summed E-state index contributed by atoms with van der Waals surface area (Å²) in [6.07, 6.45) is 1.51. The van der Waals surface area contributed by atoms with E-state index in [4.69, 9.17) is 21.3 Å². The number of benzene rings is 2. The Morgan fingerprint density at radius 2 is 2.00 bits per heavy atom. The molecular weight excluding hydrogens is 432 g/mol. The van der Waals surface area contributed by atoms with Crippen LogP contribution < -0.4 is 5.56 Å². The van der Waals surface area contributed by atoms with Crippen molar-refractivity contribution in [1.82, 2.24) is 19.7 Å². The van der Waals surface area contributed by atoms with Gasteiger partial charge >= 0.3 is 5.97 Å². The second kappa shape index (κ2) is 7.72. The molecule has 4 aromatic rings. The minimum atomic E-state index is -1.15. The van der Waals surface area contributed by atoms with Crippen molar-refractivity contribution in [3.63, 3.8) is 0 Å². The molecule has 0 amide bonds. The van der Waals surface area contributed by atoms with Gasteiger partial charge in [-0.2, -0.15) is 5.10 Å². The first kappa shape index (κ1) is 20.7. The number of H-pyrrole nitrogens is 1. The lowest BCUT2D eigenvalue weighted by molar-refractivity contribution is -0.140. The Balaban J connectivity index is 1.70. The Morgan fingerprint density at radius 3 is 2.66 bits per heavy atom. The van der Waals surface area contributed by atoms with Gasteiger partial charge in [-0.1, -0.05) is 29.8 Å². The van der Waals surface area contributed by atoms with Crippen LogP contribution in [0.15, 0.2) is 41.2 Å². The fourth-order valence-corrected chi connectivity index (χ4v) is 4.36. The number of carbonyl (C=O) groups is 1. The molecule has 2 unspecified atom stereocenters. The second-order valence-corrected chi connectivity index (χ2v) is 8.50. The van der Waals surface area contributed by atoms with Crippen LogP contribution in [-0.4, -0.2) is 37.9 Å². The number of fused-ring (bicyclic) bond motifs is 2. The molecule has 164 valence electrons. The number of nitrogens with zero attached hydrogens (tertiary/aromatic N) is 3. The fourth-order valence-electron chi connectivity index (χ4n) is 4.04. The van der Waals surface area contributed by atoms with Gasteiger partial charge in [0.25, 0.3) is 5.56 Å². The molecule has 2 aromatic heterocycles. The number of aromatic nitrogens is 4. The Kier molecular flexibility index (Phi) is 4.98. The van der Waals surface area contributed by atoms with Crippen molar-refractivity contribution < 1.29 is 14.6 Å². The Hall–Kier alpha value is -3.23. The van der Waals surface area contributed by atoms with Crippen molar-refractivity contribution in [3.05, 3.63) is 68.9 Å². The molecule has 1 saturated carbocycles. The van der Waals surface area contributed by atoms with E-state index in [2.05, 4.69) is 10.1 Å². The molecule has 8 nitrogen and oxygen atoms in total. The van der Waals surface area contributed by atoms with Crippen LogP contribution in [0, 0.1) is 0 Å². The maximum absolute atomic E-state index is 12.9. The Labute approximate surface area is 187 Å². The van der Waals surface area contributed by atoms with E-state index in [1.165, 1.54) is 14.0 Å². The zero-order valence-corrected chi connectivity index (χ0v) is 18.3.